The zero-order valence-electron chi connectivity index (χ0n) is 16.2. The third kappa shape index (κ3) is 5.17. The van der Waals surface area contributed by atoms with Crippen LogP contribution in [0.4, 0.5) is 0 Å². The van der Waals surface area contributed by atoms with Crippen molar-refractivity contribution >= 4 is 11.6 Å². The first kappa shape index (κ1) is 19.6. The van der Waals surface area contributed by atoms with Gasteiger partial charge in [0.05, 0.1) is 11.6 Å². The van der Waals surface area contributed by atoms with Gasteiger partial charge in [0, 0.05) is 0 Å². The van der Waals surface area contributed by atoms with Crippen LogP contribution in [0.5, 0.6) is 0 Å². The van der Waals surface area contributed by atoms with E-state index in [-0.39, 0.29) is 5.91 Å². The second-order valence-corrected chi connectivity index (χ2v) is 6.76. The molecule has 0 aliphatic heterocycles. The molecule has 142 valence electrons. The third-order valence-electron chi connectivity index (χ3n) is 4.70. The highest BCUT2D eigenvalue weighted by Gasteiger charge is 2.22. The predicted molar refractivity (Wildman–Crippen MR) is 115 cm³/mol. The van der Waals surface area contributed by atoms with E-state index in [1.807, 2.05) is 91.0 Å². The lowest BCUT2D eigenvalue weighted by Gasteiger charge is -2.17. The van der Waals surface area contributed by atoms with Gasteiger partial charge in [-0.3, -0.25) is 4.79 Å². The third-order valence-corrected chi connectivity index (χ3v) is 4.70. The van der Waals surface area contributed by atoms with Crippen LogP contribution < -0.4 is 5.43 Å². The normalized spacial score (nSPS) is 11.4. The Hall–Kier alpha value is -3.20. The largest absolute Gasteiger partial charge is 0.272 e. The summed E-state index contributed by atoms with van der Waals surface area (Å²) in [5, 5.41) is 4.52. The van der Waals surface area contributed by atoms with Crippen LogP contribution >= 0.6 is 0 Å². The van der Waals surface area contributed by atoms with Gasteiger partial charge in [-0.25, -0.2) is 5.43 Å². The van der Waals surface area contributed by atoms with Crippen LogP contribution in [-0.2, 0) is 4.79 Å². The maximum Gasteiger partial charge on any atom is 0.252 e. The van der Waals surface area contributed by atoms with E-state index in [1.54, 1.807) is 0 Å². The smallest absolute Gasteiger partial charge is 0.252 e. The topological polar surface area (TPSA) is 41.5 Å². The Balaban J connectivity index is 1.87. The molecule has 3 rings (SSSR count). The van der Waals surface area contributed by atoms with E-state index in [0.717, 1.165) is 41.7 Å². The first-order chi connectivity index (χ1) is 13.8. The van der Waals surface area contributed by atoms with Crippen LogP contribution in [0.3, 0.4) is 0 Å². The summed E-state index contributed by atoms with van der Waals surface area (Å²) in [6.45, 7) is 2.15. The number of carbonyl (C=O) groups is 1. The zero-order valence-corrected chi connectivity index (χ0v) is 16.2. The second kappa shape index (κ2) is 10.2. The average Bonchev–Trinajstić information content (AvgIpc) is 2.76. The maximum absolute atomic E-state index is 13.1. The van der Waals surface area contributed by atoms with Gasteiger partial charge in [0.15, 0.2) is 0 Å². The van der Waals surface area contributed by atoms with Gasteiger partial charge >= 0.3 is 0 Å². The van der Waals surface area contributed by atoms with E-state index in [0.29, 0.717) is 0 Å². The summed E-state index contributed by atoms with van der Waals surface area (Å²) in [4.78, 5) is 13.1. The van der Waals surface area contributed by atoms with Crippen molar-refractivity contribution in [2.75, 3.05) is 0 Å². The van der Waals surface area contributed by atoms with Crippen LogP contribution in [-0.4, -0.2) is 11.6 Å². The minimum Gasteiger partial charge on any atom is -0.272 e. The number of hydrogen-bond acceptors (Lipinski definition) is 2. The number of unbranched alkanes of at least 4 members (excludes halogenated alkanes) is 1. The Morgan fingerprint density at radius 3 is 1.82 bits per heavy atom. The molecule has 0 saturated heterocycles. The Morgan fingerprint density at radius 2 is 1.32 bits per heavy atom. The van der Waals surface area contributed by atoms with Crippen molar-refractivity contribution in [3.8, 4) is 0 Å². The van der Waals surface area contributed by atoms with E-state index in [1.165, 1.54) is 0 Å². The number of amides is 1. The van der Waals surface area contributed by atoms with E-state index >= 15 is 0 Å². The predicted octanol–water partition coefficient (Wildman–Crippen LogP) is 5.53. The van der Waals surface area contributed by atoms with Crippen molar-refractivity contribution < 1.29 is 4.79 Å². The molecule has 0 radical (unpaired) electrons. The van der Waals surface area contributed by atoms with E-state index < -0.39 is 5.92 Å². The molecular formula is C25H26N2O. The Morgan fingerprint density at radius 1 is 0.821 bits per heavy atom. The quantitative estimate of drug-likeness (QED) is 0.411. The van der Waals surface area contributed by atoms with Gasteiger partial charge in [-0.05, 0) is 29.5 Å². The molecule has 3 aromatic carbocycles. The molecule has 3 heteroatoms. The first-order valence-electron chi connectivity index (χ1n) is 9.81. The molecule has 28 heavy (non-hydrogen) atoms. The molecule has 3 aromatic rings. The minimum atomic E-state index is -0.394. The highest BCUT2D eigenvalue weighted by Crippen LogP contribution is 2.24. The van der Waals surface area contributed by atoms with Gasteiger partial charge in [-0.15, -0.1) is 0 Å². The van der Waals surface area contributed by atoms with Crippen molar-refractivity contribution in [3.05, 3.63) is 108 Å². The summed E-state index contributed by atoms with van der Waals surface area (Å²) in [5.74, 6) is -0.517. The SMILES string of the molecule is CCCC/C(=N/NC(=O)C(c1ccccc1)c1ccccc1)c1ccccc1. The van der Waals surface area contributed by atoms with Crippen molar-refractivity contribution in [2.45, 2.75) is 32.1 Å². The standard InChI is InChI=1S/C25H26N2O/c1-2-3-19-23(20-13-7-4-8-14-20)26-27-25(28)24(21-15-9-5-10-16-21)22-17-11-6-12-18-22/h4-18,24H,2-3,19H2,1H3,(H,27,28)/b26-23-. The van der Waals surface area contributed by atoms with Crippen LogP contribution in [0, 0.1) is 0 Å². The molecule has 3 nitrogen and oxygen atoms in total. The van der Waals surface area contributed by atoms with Crippen molar-refractivity contribution in [3.63, 3.8) is 0 Å². The van der Waals surface area contributed by atoms with Crippen molar-refractivity contribution in [1.29, 1.82) is 0 Å². The van der Waals surface area contributed by atoms with Gasteiger partial charge in [-0.1, -0.05) is 104 Å². The fraction of sp³-hybridized carbons (Fsp3) is 0.200. The molecular weight excluding hydrogens is 344 g/mol. The fourth-order valence-electron chi connectivity index (χ4n) is 3.21. The summed E-state index contributed by atoms with van der Waals surface area (Å²) in [5.41, 5.74) is 6.71. The zero-order chi connectivity index (χ0) is 19.6. The molecule has 0 spiro atoms. The number of hydrazone groups is 1. The van der Waals surface area contributed by atoms with Crippen LogP contribution in [0.25, 0.3) is 0 Å². The summed E-state index contributed by atoms with van der Waals surface area (Å²) in [6.07, 6.45) is 2.95. The lowest BCUT2D eigenvalue weighted by atomic mass is 9.91. The molecule has 1 N–H and O–H groups in total. The van der Waals surface area contributed by atoms with Gasteiger partial charge in [0.1, 0.15) is 0 Å². The maximum atomic E-state index is 13.1. The number of hydrogen-bond donors (Lipinski definition) is 1. The second-order valence-electron chi connectivity index (χ2n) is 6.76. The first-order valence-corrected chi connectivity index (χ1v) is 9.81. The molecule has 0 saturated carbocycles. The number of carbonyl (C=O) groups excluding carboxylic acids is 1. The number of nitrogens with one attached hydrogen (secondary N) is 1. The minimum absolute atomic E-state index is 0.123. The summed E-state index contributed by atoms with van der Waals surface area (Å²) in [6, 6.07) is 29.7. The molecule has 0 aliphatic carbocycles. The van der Waals surface area contributed by atoms with E-state index in [2.05, 4.69) is 17.5 Å². The number of rotatable bonds is 8. The van der Waals surface area contributed by atoms with Crippen LogP contribution in [0.15, 0.2) is 96.1 Å². The molecule has 1 amide bonds. The van der Waals surface area contributed by atoms with Crippen LogP contribution in [0.2, 0.25) is 0 Å². The van der Waals surface area contributed by atoms with E-state index in [9.17, 15) is 4.79 Å². The molecule has 0 unspecified atom stereocenters. The lowest BCUT2D eigenvalue weighted by Crippen LogP contribution is -2.27. The van der Waals surface area contributed by atoms with Crippen LogP contribution in [0.1, 0.15) is 48.8 Å². The molecule has 0 bridgehead atoms. The van der Waals surface area contributed by atoms with Crippen molar-refractivity contribution in [2.24, 2.45) is 5.10 Å². The Bertz CT molecular complexity index is 850. The Kier molecular flexibility index (Phi) is 7.14. The molecule has 0 aliphatic rings. The summed E-state index contributed by atoms with van der Waals surface area (Å²) < 4.78 is 0. The molecule has 0 aromatic heterocycles. The fourth-order valence-corrected chi connectivity index (χ4v) is 3.21. The van der Waals surface area contributed by atoms with Gasteiger partial charge in [0.25, 0.3) is 5.91 Å². The lowest BCUT2D eigenvalue weighted by molar-refractivity contribution is -0.121. The highest BCUT2D eigenvalue weighted by atomic mass is 16.2. The monoisotopic (exact) mass is 370 g/mol. The van der Waals surface area contributed by atoms with Gasteiger partial charge in [-0.2, -0.15) is 5.10 Å². The van der Waals surface area contributed by atoms with Gasteiger partial charge < -0.3 is 0 Å². The number of benzene rings is 3. The van der Waals surface area contributed by atoms with Gasteiger partial charge in [0.2, 0.25) is 0 Å². The van der Waals surface area contributed by atoms with Crippen molar-refractivity contribution in [1.82, 2.24) is 5.43 Å². The summed E-state index contributed by atoms with van der Waals surface area (Å²) >= 11 is 0. The highest BCUT2D eigenvalue weighted by molar-refractivity contribution is 6.01. The molecule has 0 fully saturated rings. The van der Waals surface area contributed by atoms with E-state index in [4.69, 9.17) is 0 Å². The molecule has 0 atom stereocenters. The summed E-state index contributed by atoms with van der Waals surface area (Å²) in [7, 11) is 0. The molecule has 0 heterocycles. The number of nitrogens with zero attached hydrogens (tertiary/aromatic N) is 1. The Labute approximate surface area is 167 Å². The average molecular weight is 370 g/mol.